The Kier molecular flexibility index (Phi) is 50.9. The maximum absolute atomic E-state index is 12.8. The van der Waals surface area contributed by atoms with E-state index in [2.05, 4.69) is 118 Å². The smallest absolute Gasteiger partial charge is 0.306 e. The van der Waals surface area contributed by atoms with Crippen LogP contribution in [-0.4, -0.2) is 37.2 Å². The Labute approximate surface area is 407 Å². The first-order valence-corrected chi connectivity index (χ1v) is 27.2. The van der Waals surface area contributed by atoms with Crippen molar-refractivity contribution in [1.82, 2.24) is 0 Å². The quantitative estimate of drug-likeness (QED) is 0.0262. The van der Waals surface area contributed by atoms with Gasteiger partial charge in [0.05, 0.1) is 0 Å². The molecule has 0 fully saturated rings. The highest BCUT2D eigenvalue weighted by Crippen LogP contribution is 2.14. The van der Waals surface area contributed by atoms with Crippen molar-refractivity contribution >= 4 is 17.9 Å². The van der Waals surface area contributed by atoms with Crippen LogP contribution in [0.4, 0.5) is 0 Å². The molecule has 0 saturated carbocycles. The van der Waals surface area contributed by atoms with Gasteiger partial charge in [0.15, 0.2) is 6.10 Å². The Hall–Kier alpha value is -3.67. The zero-order valence-corrected chi connectivity index (χ0v) is 42.9. The molecule has 1 unspecified atom stereocenters. The van der Waals surface area contributed by atoms with E-state index in [9.17, 15) is 14.4 Å². The fourth-order valence-corrected chi connectivity index (χ4v) is 7.31. The van der Waals surface area contributed by atoms with E-state index in [0.717, 1.165) is 128 Å². The van der Waals surface area contributed by atoms with Gasteiger partial charge in [-0.25, -0.2) is 0 Å². The first kappa shape index (κ1) is 62.3. The van der Waals surface area contributed by atoms with Crippen LogP contribution in [-0.2, 0) is 28.6 Å². The number of ether oxygens (including phenoxy) is 3. The van der Waals surface area contributed by atoms with Gasteiger partial charge in [-0.1, -0.05) is 227 Å². The molecule has 0 aliphatic heterocycles. The van der Waals surface area contributed by atoms with E-state index in [1.54, 1.807) is 0 Å². The van der Waals surface area contributed by atoms with Gasteiger partial charge in [0.1, 0.15) is 13.2 Å². The molecule has 0 saturated heterocycles. The molecular formula is C60H100O6. The molecule has 6 nitrogen and oxygen atoms in total. The van der Waals surface area contributed by atoms with Crippen LogP contribution < -0.4 is 0 Å². The van der Waals surface area contributed by atoms with E-state index in [4.69, 9.17) is 14.2 Å². The minimum Gasteiger partial charge on any atom is -0.462 e. The second-order valence-electron chi connectivity index (χ2n) is 17.7. The van der Waals surface area contributed by atoms with Crippen LogP contribution in [0.2, 0.25) is 0 Å². The number of hydrogen-bond acceptors (Lipinski definition) is 6. The van der Waals surface area contributed by atoms with Crippen LogP contribution >= 0.6 is 0 Å². The number of rotatable bonds is 48. The lowest BCUT2D eigenvalue weighted by molar-refractivity contribution is -0.167. The summed E-state index contributed by atoms with van der Waals surface area (Å²) in [6, 6.07) is 0. The molecule has 0 aliphatic rings. The van der Waals surface area contributed by atoms with Crippen LogP contribution in [0.5, 0.6) is 0 Å². The molecule has 6 heteroatoms. The maximum atomic E-state index is 12.8. The average molecular weight is 917 g/mol. The SMILES string of the molecule is CC/C=C\C/C=C\C/C=C\C/C=C\CCCCCCCCCCC(=O)OCC(COC(=O)CCCCCCCCCC)OC(=O)CCCCCCCC/C=C\C/C=C\C/C=C\C/C=C\CC. The van der Waals surface area contributed by atoms with Gasteiger partial charge in [0, 0.05) is 19.3 Å². The molecule has 0 aromatic rings. The summed E-state index contributed by atoms with van der Waals surface area (Å²) in [6.45, 7) is 6.36. The summed E-state index contributed by atoms with van der Waals surface area (Å²) < 4.78 is 16.8. The van der Waals surface area contributed by atoms with Crippen molar-refractivity contribution in [3.63, 3.8) is 0 Å². The highest BCUT2D eigenvalue weighted by molar-refractivity contribution is 5.71. The van der Waals surface area contributed by atoms with E-state index < -0.39 is 6.10 Å². The summed E-state index contributed by atoms with van der Waals surface area (Å²) in [4.78, 5) is 38.0. The zero-order valence-electron chi connectivity index (χ0n) is 42.9. The van der Waals surface area contributed by atoms with Crippen LogP contribution in [0.15, 0.2) is 97.2 Å². The van der Waals surface area contributed by atoms with Crippen molar-refractivity contribution in [3.8, 4) is 0 Å². The molecule has 376 valence electrons. The summed E-state index contributed by atoms with van der Waals surface area (Å²) >= 11 is 0. The van der Waals surface area contributed by atoms with Gasteiger partial charge in [-0.05, 0) is 96.3 Å². The van der Waals surface area contributed by atoms with Crippen LogP contribution in [0.25, 0.3) is 0 Å². The highest BCUT2D eigenvalue weighted by atomic mass is 16.6. The highest BCUT2D eigenvalue weighted by Gasteiger charge is 2.19. The lowest BCUT2D eigenvalue weighted by Crippen LogP contribution is -2.30. The maximum Gasteiger partial charge on any atom is 0.306 e. The second kappa shape index (κ2) is 53.9. The Bertz CT molecular complexity index is 1330. The third kappa shape index (κ3) is 51.3. The van der Waals surface area contributed by atoms with Crippen molar-refractivity contribution < 1.29 is 28.6 Å². The number of carbonyl (C=O) groups is 3. The van der Waals surface area contributed by atoms with E-state index in [1.807, 2.05) is 0 Å². The van der Waals surface area contributed by atoms with Crippen molar-refractivity contribution in [2.24, 2.45) is 0 Å². The van der Waals surface area contributed by atoms with Crippen molar-refractivity contribution in [2.45, 2.75) is 252 Å². The van der Waals surface area contributed by atoms with Gasteiger partial charge < -0.3 is 14.2 Å². The first-order valence-electron chi connectivity index (χ1n) is 27.2. The van der Waals surface area contributed by atoms with Crippen LogP contribution in [0.3, 0.4) is 0 Å². The second-order valence-corrected chi connectivity index (χ2v) is 17.7. The number of esters is 3. The predicted octanol–water partition coefficient (Wildman–Crippen LogP) is 18.1. The zero-order chi connectivity index (χ0) is 47.9. The number of carbonyl (C=O) groups excluding carboxylic acids is 3. The number of allylic oxidation sites excluding steroid dienone is 16. The molecule has 0 aliphatic carbocycles. The summed E-state index contributed by atoms with van der Waals surface area (Å²) in [5, 5.41) is 0. The molecule has 66 heavy (non-hydrogen) atoms. The standard InChI is InChI=1S/C60H100O6/c1-4-7-10-13-16-19-21-23-25-27-29-30-32-33-35-37-39-41-44-47-50-53-59(62)65-56-57(55-64-58(61)52-49-46-43-18-15-12-9-6-3)66-60(63)54-51-48-45-42-40-38-36-34-31-28-26-24-22-20-17-14-11-8-5-2/h7-8,10-11,16-17,19-20,23-26,29-31,34,57H,4-6,9,12-15,18,21-22,27-28,32-33,35-56H2,1-3H3/b10-7-,11-8-,19-16-,20-17-,25-23-,26-24-,30-29-,34-31-. The van der Waals surface area contributed by atoms with E-state index in [-0.39, 0.29) is 31.1 Å². The lowest BCUT2D eigenvalue weighted by Gasteiger charge is -2.18. The summed E-state index contributed by atoms with van der Waals surface area (Å²) in [5.41, 5.74) is 0. The molecule has 0 aromatic carbocycles. The molecule has 0 radical (unpaired) electrons. The van der Waals surface area contributed by atoms with Crippen molar-refractivity contribution in [3.05, 3.63) is 97.2 Å². The van der Waals surface area contributed by atoms with Gasteiger partial charge in [0.25, 0.3) is 0 Å². The summed E-state index contributed by atoms with van der Waals surface area (Å²) in [7, 11) is 0. The Morgan fingerprint density at radius 3 is 0.924 bits per heavy atom. The van der Waals surface area contributed by atoms with Gasteiger partial charge in [0.2, 0.25) is 0 Å². The summed E-state index contributed by atoms with van der Waals surface area (Å²) in [6.07, 6.45) is 71.1. The van der Waals surface area contributed by atoms with Gasteiger partial charge in [-0.2, -0.15) is 0 Å². The van der Waals surface area contributed by atoms with Crippen LogP contribution in [0.1, 0.15) is 245 Å². The Morgan fingerprint density at radius 1 is 0.318 bits per heavy atom. The van der Waals surface area contributed by atoms with Gasteiger partial charge in [-0.15, -0.1) is 0 Å². The van der Waals surface area contributed by atoms with Crippen molar-refractivity contribution in [1.29, 1.82) is 0 Å². The monoisotopic (exact) mass is 917 g/mol. The molecule has 1 atom stereocenters. The summed E-state index contributed by atoms with van der Waals surface area (Å²) in [5.74, 6) is -0.912. The fourth-order valence-electron chi connectivity index (χ4n) is 7.31. The normalized spacial score (nSPS) is 12.8. The first-order chi connectivity index (χ1) is 32.5. The molecule has 0 rings (SSSR count). The number of unbranched alkanes of at least 4 members (excludes halogenated alkanes) is 21. The lowest BCUT2D eigenvalue weighted by atomic mass is 10.1. The Balaban J connectivity index is 4.31. The minimum absolute atomic E-state index is 0.0857. The molecular weight excluding hydrogens is 817 g/mol. The average Bonchev–Trinajstić information content (AvgIpc) is 3.31. The molecule has 0 bridgehead atoms. The largest absolute Gasteiger partial charge is 0.462 e. The fraction of sp³-hybridized carbons (Fsp3) is 0.683. The van der Waals surface area contributed by atoms with Gasteiger partial charge in [-0.3, -0.25) is 14.4 Å². The van der Waals surface area contributed by atoms with Crippen LogP contribution in [0, 0.1) is 0 Å². The molecule has 0 spiro atoms. The topological polar surface area (TPSA) is 78.9 Å². The molecule has 0 aromatic heterocycles. The number of hydrogen-bond donors (Lipinski definition) is 0. The predicted molar refractivity (Wildman–Crippen MR) is 284 cm³/mol. The third-order valence-corrected chi connectivity index (χ3v) is 11.3. The molecule has 0 amide bonds. The van der Waals surface area contributed by atoms with Gasteiger partial charge >= 0.3 is 17.9 Å². The van der Waals surface area contributed by atoms with E-state index in [0.29, 0.717) is 19.3 Å². The minimum atomic E-state index is -0.787. The third-order valence-electron chi connectivity index (χ3n) is 11.3. The molecule has 0 heterocycles. The molecule has 0 N–H and O–H groups in total. The van der Waals surface area contributed by atoms with E-state index in [1.165, 1.54) is 77.0 Å². The Morgan fingerprint density at radius 2 is 0.591 bits per heavy atom. The van der Waals surface area contributed by atoms with Crippen molar-refractivity contribution in [2.75, 3.05) is 13.2 Å². The van der Waals surface area contributed by atoms with E-state index >= 15 is 0 Å².